The van der Waals surface area contributed by atoms with Crippen molar-refractivity contribution in [3.05, 3.63) is 70.2 Å². The van der Waals surface area contributed by atoms with Gasteiger partial charge in [-0.3, -0.25) is 9.09 Å². The molecule has 1 aliphatic heterocycles. The highest BCUT2D eigenvalue weighted by molar-refractivity contribution is 7.49. The second kappa shape index (κ2) is 12.0. The first kappa shape index (κ1) is 31.4. The van der Waals surface area contributed by atoms with Gasteiger partial charge in [-0.1, -0.05) is 11.6 Å². The van der Waals surface area contributed by atoms with E-state index in [4.69, 9.17) is 45.1 Å². The summed E-state index contributed by atoms with van der Waals surface area (Å²) in [5.74, 6) is -4.59. The molecule has 1 fully saturated rings. The molecule has 1 aliphatic rings. The first-order valence-corrected chi connectivity index (χ1v) is 13.6. The number of nitrogens with zero attached hydrogens (tertiary/aromatic N) is 2. The minimum atomic E-state index is -5.00. The van der Waals surface area contributed by atoms with E-state index in [9.17, 15) is 23.2 Å². The molecule has 42 heavy (non-hydrogen) atoms. The molecule has 0 amide bonds. The molecule has 18 heteroatoms. The lowest BCUT2D eigenvalue weighted by molar-refractivity contribution is -0.193. The number of phosphoric acid groups is 1. The summed E-state index contributed by atoms with van der Waals surface area (Å²) in [6, 6.07) is 10.8. The molecular formula is C24H23ClF4N3O9P. The molecule has 0 aliphatic carbocycles. The number of aliphatic hydroxyl groups excluding tert-OH is 1. The number of benzene rings is 2. The van der Waals surface area contributed by atoms with Crippen molar-refractivity contribution in [3.8, 4) is 23.0 Å². The SMILES string of the molecule is COc1ccc(OP(=O)(OC[C@@]2(C(F)F)O[C@@H](n3cc(Cl)c(N)nc3=O)C(F)(F)[C@@H]2O)Oc2ccc(OC)cc2)cc1. The zero-order chi connectivity index (χ0) is 30.9. The number of aromatic nitrogens is 2. The van der Waals surface area contributed by atoms with Crippen molar-refractivity contribution in [2.75, 3.05) is 26.6 Å². The van der Waals surface area contributed by atoms with Crippen LogP contribution in [0.25, 0.3) is 0 Å². The van der Waals surface area contributed by atoms with E-state index >= 15 is 8.78 Å². The third-order valence-corrected chi connectivity index (χ3v) is 7.65. The van der Waals surface area contributed by atoms with Crippen molar-refractivity contribution in [2.45, 2.75) is 30.3 Å². The molecule has 0 unspecified atom stereocenters. The van der Waals surface area contributed by atoms with E-state index in [1.807, 2.05) is 0 Å². The molecule has 12 nitrogen and oxygen atoms in total. The number of hydrogen-bond acceptors (Lipinski definition) is 11. The summed E-state index contributed by atoms with van der Waals surface area (Å²) in [4.78, 5) is 15.5. The summed E-state index contributed by atoms with van der Waals surface area (Å²) in [6.07, 6.45) is -9.43. The summed E-state index contributed by atoms with van der Waals surface area (Å²) in [6.45, 7) is -1.66. The second-order valence-electron chi connectivity index (χ2n) is 8.72. The zero-order valence-corrected chi connectivity index (χ0v) is 23.3. The summed E-state index contributed by atoms with van der Waals surface area (Å²) in [7, 11) is -2.22. The topological polar surface area (TPSA) is 154 Å². The van der Waals surface area contributed by atoms with Crippen molar-refractivity contribution in [1.82, 2.24) is 9.55 Å². The van der Waals surface area contributed by atoms with Crippen LogP contribution in [-0.2, 0) is 13.8 Å². The monoisotopic (exact) mass is 639 g/mol. The Morgan fingerprint density at radius 1 is 1.05 bits per heavy atom. The molecule has 3 aromatic rings. The van der Waals surface area contributed by atoms with E-state index < -0.39 is 61.2 Å². The number of rotatable bonds is 11. The van der Waals surface area contributed by atoms with E-state index in [2.05, 4.69) is 4.98 Å². The molecule has 0 bridgehead atoms. The third kappa shape index (κ3) is 6.13. The van der Waals surface area contributed by atoms with Gasteiger partial charge in [0.2, 0.25) is 6.23 Å². The first-order chi connectivity index (χ1) is 19.7. The fraction of sp³-hybridized carbons (Fsp3) is 0.333. The van der Waals surface area contributed by atoms with Gasteiger partial charge in [-0.2, -0.15) is 13.8 Å². The number of phosphoric ester groups is 1. The second-order valence-corrected chi connectivity index (χ2v) is 10.6. The predicted octanol–water partition coefficient (Wildman–Crippen LogP) is 4.31. The van der Waals surface area contributed by atoms with Crippen LogP contribution in [0.1, 0.15) is 6.23 Å². The quantitative estimate of drug-likeness (QED) is 0.228. The van der Waals surface area contributed by atoms with Crippen molar-refractivity contribution in [3.63, 3.8) is 0 Å². The number of ether oxygens (including phenoxy) is 3. The van der Waals surface area contributed by atoms with Gasteiger partial charge in [0.1, 0.15) is 28.8 Å². The first-order valence-electron chi connectivity index (χ1n) is 11.7. The lowest BCUT2D eigenvalue weighted by atomic mass is 9.96. The summed E-state index contributed by atoms with van der Waals surface area (Å²) >= 11 is 5.77. The number of methoxy groups -OCH3 is 2. The summed E-state index contributed by atoms with van der Waals surface area (Å²) < 4.78 is 104. The van der Waals surface area contributed by atoms with E-state index in [0.717, 1.165) is 0 Å². The third-order valence-electron chi connectivity index (χ3n) is 6.05. The lowest BCUT2D eigenvalue weighted by Gasteiger charge is -2.31. The molecule has 2 heterocycles. The van der Waals surface area contributed by atoms with Gasteiger partial charge < -0.3 is 34.1 Å². The number of nitrogen functional groups attached to an aromatic ring is 1. The number of halogens is 5. The lowest BCUT2D eigenvalue weighted by Crippen LogP contribution is -2.54. The maximum atomic E-state index is 15.2. The number of anilines is 1. The van der Waals surface area contributed by atoms with Gasteiger partial charge in [-0.25, -0.2) is 18.1 Å². The molecule has 0 radical (unpaired) electrons. The number of nitrogens with two attached hydrogens (primary N) is 1. The van der Waals surface area contributed by atoms with Crippen molar-refractivity contribution >= 4 is 25.2 Å². The molecule has 3 atom stereocenters. The normalized spacial score (nSPS) is 21.7. The van der Waals surface area contributed by atoms with Crippen LogP contribution in [0.15, 0.2) is 59.5 Å². The van der Waals surface area contributed by atoms with Crippen LogP contribution in [0.3, 0.4) is 0 Å². The Hall–Kier alpha value is -3.56. The fourth-order valence-electron chi connectivity index (χ4n) is 3.81. The average Bonchev–Trinajstić information content (AvgIpc) is 3.16. The molecule has 1 saturated heterocycles. The van der Waals surface area contributed by atoms with Gasteiger partial charge in [0.15, 0.2) is 11.7 Å². The van der Waals surface area contributed by atoms with Crippen LogP contribution >= 0.6 is 19.4 Å². The molecule has 0 spiro atoms. The Morgan fingerprint density at radius 3 is 1.98 bits per heavy atom. The zero-order valence-electron chi connectivity index (χ0n) is 21.7. The van der Waals surface area contributed by atoms with Crippen molar-refractivity contribution in [2.24, 2.45) is 0 Å². The number of hydrogen-bond donors (Lipinski definition) is 2. The van der Waals surface area contributed by atoms with Crippen LogP contribution in [0.2, 0.25) is 5.02 Å². The maximum Gasteiger partial charge on any atom is 0.587 e. The smallest absolute Gasteiger partial charge is 0.497 e. The Morgan fingerprint density at radius 2 is 1.52 bits per heavy atom. The maximum absolute atomic E-state index is 15.2. The van der Waals surface area contributed by atoms with Gasteiger partial charge in [0.05, 0.1) is 25.8 Å². The highest BCUT2D eigenvalue weighted by Crippen LogP contribution is 2.55. The van der Waals surface area contributed by atoms with Crippen LogP contribution in [0, 0.1) is 0 Å². The Labute approximate surface area is 240 Å². The molecular weight excluding hydrogens is 617 g/mol. The van der Waals surface area contributed by atoms with Crippen LogP contribution in [0.5, 0.6) is 23.0 Å². The van der Waals surface area contributed by atoms with Crippen molar-refractivity contribution < 1.29 is 55.0 Å². The Kier molecular flexibility index (Phi) is 8.94. The van der Waals surface area contributed by atoms with Crippen LogP contribution in [-0.4, -0.2) is 59.5 Å². The molecule has 1 aromatic heterocycles. The van der Waals surface area contributed by atoms with E-state index in [1.165, 1.54) is 62.8 Å². The van der Waals surface area contributed by atoms with Gasteiger partial charge in [-0.05, 0) is 48.5 Å². The molecule has 4 rings (SSSR count). The summed E-state index contributed by atoms with van der Waals surface area (Å²) in [5, 5.41) is 9.98. The summed E-state index contributed by atoms with van der Waals surface area (Å²) in [5.41, 5.74) is 0.406. The predicted molar refractivity (Wildman–Crippen MR) is 139 cm³/mol. The highest BCUT2D eigenvalue weighted by Gasteiger charge is 2.71. The van der Waals surface area contributed by atoms with E-state index in [-0.39, 0.29) is 16.1 Å². The fourth-order valence-corrected chi connectivity index (χ4v) is 5.22. The van der Waals surface area contributed by atoms with Crippen LogP contribution in [0.4, 0.5) is 23.4 Å². The molecule has 3 N–H and O–H groups in total. The van der Waals surface area contributed by atoms with Gasteiger partial charge in [0, 0.05) is 6.20 Å². The standard InChI is InChI=1S/C24H23ClF4N3O9P/c1-36-13-3-7-15(8-4-13)40-42(35,41-16-9-5-14(37-2)6-10-16)38-12-23(20(26)27)19(33)24(28,29)21(39-23)32-11-17(25)18(30)31-22(32)34/h3-11,19-21,33H,12H2,1-2H3,(H2,30,31,34)/t19-,21-,23-/m1/s1. The van der Waals surface area contributed by atoms with Crippen LogP contribution < -0.4 is 29.9 Å². The van der Waals surface area contributed by atoms with E-state index in [0.29, 0.717) is 17.7 Å². The Bertz CT molecular complexity index is 1460. The minimum Gasteiger partial charge on any atom is -0.497 e. The highest BCUT2D eigenvalue weighted by atomic mass is 35.5. The van der Waals surface area contributed by atoms with Gasteiger partial charge >= 0.3 is 19.4 Å². The molecule has 228 valence electrons. The molecule has 2 aromatic carbocycles. The number of aliphatic hydroxyl groups is 1. The van der Waals surface area contributed by atoms with Gasteiger partial charge in [-0.15, -0.1) is 0 Å². The molecule has 0 saturated carbocycles. The average molecular weight is 640 g/mol. The Balaban J connectivity index is 1.68. The largest absolute Gasteiger partial charge is 0.587 e. The number of alkyl halides is 4. The van der Waals surface area contributed by atoms with Gasteiger partial charge in [0.25, 0.3) is 6.43 Å². The van der Waals surface area contributed by atoms with E-state index in [1.54, 1.807) is 0 Å². The van der Waals surface area contributed by atoms with Crippen molar-refractivity contribution in [1.29, 1.82) is 0 Å². The minimum absolute atomic E-state index is 0.0906.